The SMILES string of the molecule is Cc1ccc(C(=O)N2CCC3(CC2)CC(Cn2cnc4ccccc42)OC3=O)cn1. The van der Waals surface area contributed by atoms with Crippen molar-refractivity contribution >= 4 is 22.9 Å². The van der Waals surface area contributed by atoms with E-state index in [0.29, 0.717) is 44.5 Å². The van der Waals surface area contributed by atoms with Crippen LogP contribution in [0.5, 0.6) is 0 Å². The average Bonchev–Trinajstić information content (AvgIpc) is 3.30. The highest BCUT2D eigenvalue weighted by molar-refractivity contribution is 5.94. The van der Waals surface area contributed by atoms with E-state index in [1.54, 1.807) is 12.5 Å². The van der Waals surface area contributed by atoms with Gasteiger partial charge in [-0.2, -0.15) is 0 Å². The fourth-order valence-electron chi connectivity index (χ4n) is 4.64. The monoisotopic (exact) mass is 404 g/mol. The fraction of sp³-hybridized carbons (Fsp3) is 0.391. The summed E-state index contributed by atoms with van der Waals surface area (Å²) in [6, 6.07) is 11.6. The molecule has 0 N–H and O–H groups in total. The molecule has 0 aliphatic carbocycles. The van der Waals surface area contributed by atoms with Gasteiger partial charge in [0, 0.05) is 31.4 Å². The van der Waals surface area contributed by atoms with Crippen LogP contribution in [0.15, 0.2) is 48.9 Å². The number of nitrogens with zero attached hydrogens (tertiary/aromatic N) is 4. The molecule has 30 heavy (non-hydrogen) atoms. The average molecular weight is 404 g/mol. The minimum Gasteiger partial charge on any atom is -0.460 e. The summed E-state index contributed by atoms with van der Waals surface area (Å²) in [5.41, 5.74) is 2.98. The van der Waals surface area contributed by atoms with Crippen molar-refractivity contribution < 1.29 is 14.3 Å². The number of amides is 1. The molecule has 2 fully saturated rings. The Morgan fingerprint density at radius 2 is 1.97 bits per heavy atom. The van der Waals surface area contributed by atoms with E-state index in [-0.39, 0.29) is 18.0 Å². The van der Waals surface area contributed by atoms with E-state index in [9.17, 15) is 9.59 Å². The molecule has 2 aliphatic heterocycles. The molecule has 2 saturated heterocycles. The van der Waals surface area contributed by atoms with Crippen LogP contribution in [0.4, 0.5) is 0 Å². The number of likely N-dealkylation sites (tertiary alicyclic amines) is 1. The summed E-state index contributed by atoms with van der Waals surface area (Å²) >= 11 is 0. The summed E-state index contributed by atoms with van der Waals surface area (Å²) in [5, 5.41) is 0. The van der Waals surface area contributed by atoms with Crippen LogP contribution in [0.25, 0.3) is 11.0 Å². The number of benzene rings is 1. The molecule has 1 unspecified atom stereocenters. The van der Waals surface area contributed by atoms with Crippen LogP contribution in [0.3, 0.4) is 0 Å². The first-order chi connectivity index (χ1) is 14.5. The quantitative estimate of drug-likeness (QED) is 0.627. The van der Waals surface area contributed by atoms with Crippen LogP contribution in [0.2, 0.25) is 0 Å². The number of piperidine rings is 1. The largest absolute Gasteiger partial charge is 0.460 e. The number of rotatable bonds is 3. The molecule has 0 radical (unpaired) electrons. The van der Waals surface area contributed by atoms with E-state index in [0.717, 1.165) is 16.7 Å². The predicted molar refractivity (Wildman–Crippen MR) is 111 cm³/mol. The van der Waals surface area contributed by atoms with Crippen LogP contribution >= 0.6 is 0 Å². The number of aryl methyl sites for hydroxylation is 1. The zero-order chi connectivity index (χ0) is 20.7. The summed E-state index contributed by atoms with van der Waals surface area (Å²) in [7, 11) is 0. The Morgan fingerprint density at radius 3 is 2.73 bits per heavy atom. The number of pyridine rings is 1. The Balaban J connectivity index is 1.25. The third kappa shape index (κ3) is 3.24. The van der Waals surface area contributed by atoms with Crippen LogP contribution in [-0.4, -0.2) is 50.5 Å². The lowest BCUT2D eigenvalue weighted by atomic mass is 9.76. The van der Waals surface area contributed by atoms with E-state index in [1.165, 1.54) is 0 Å². The summed E-state index contributed by atoms with van der Waals surface area (Å²) in [4.78, 5) is 36.0. The van der Waals surface area contributed by atoms with Crippen molar-refractivity contribution in [2.24, 2.45) is 5.41 Å². The molecule has 1 aromatic carbocycles. The first kappa shape index (κ1) is 18.8. The molecule has 5 rings (SSSR count). The summed E-state index contributed by atoms with van der Waals surface area (Å²) in [6.07, 6.45) is 5.22. The highest BCUT2D eigenvalue weighted by Crippen LogP contribution is 2.43. The molecule has 4 heterocycles. The Kier molecular flexibility index (Phi) is 4.53. The van der Waals surface area contributed by atoms with Crippen LogP contribution in [0.1, 0.15) is 35.3 Å². The molecule has 0 saturated carbocycles. The lowest BCUT2D eigenvalue weighted by molar-refractivity contribution is -0.150. The third-order valence-corrected chi connectivity index (χ3v) is 6.42. The maximum atomic E-state index is 12.8. The van der Waals surface area contributed by atoms with E-state index >= 15 is 0 Å². The number of para-hydroxylation sites is 2. The van der Waals surface area contributed by atoms with Gasteiger partial charge >= 0.3 is 5.97 Å². The Morgan fingerprint density at radius 1 is 1.17 bits per heavy atom. The summed E-state index contributed by atoms with van der Waals surface area (Å²) in [6.45, 7) is 3.62. The predicted octanol–water partition coefficient (Wildman–Crippen LogP) is 2.98. The molecular weight excluding hydrogens is 380 g/mol. The Hall–Kier alpha value is -3.22. The lowest BCUT2D eigenvalue weighted by Crippen LogP contribution is -2.45. The highest BCUT2D eigenvalue weighted by Gasteiger charge is 2.50. The second-order valence-corrected chi connectivity index (χ2v) is 8.38. The van der Waals surface area contributed by atoms with Gasteiger partial charge in [0.1, 0.15) is 6.10 Å². The summed E-state index contributed by atoms with van der Waals surface area (Å²) in [5.74, 6) is -0.147. The van der Waals surface area contributed by atoms with Gasteiger partial charge in [0.25, 0.3) is 5.91 Å². The third-order valence-electron chi connectivity index (χ3n) is 6.42. The van der Waals surface area contributed by atoms with Crippen molar-refractivity contribution in [3.05, 3.63) is 60.2 Å². The Bertz CT molecular complexity index is 1100. The molecule has 7 heteroatoms. The van der Waals surface area contributed by atoms with Crippen molar-refractivity contribution in [2.75, 3.05) is 13.1 Å². The van der Waals surface area contributed by atoms with Crippen LogP contribution in [0, 0.1) is 12.3 Å². The molecule has 2 aromatic heterocycles. The van der Waals surface area contributed by atoms with Gasteiger partial charge < -0.3 is 14.2 Å². The van der Waals surface area contributed by atoms with Gasteiger partial charge in [-0.1, -0.05) is 12.1 Å². The van der Waals surface area contributed by atoms with Crippen molar-refractivity contribution in [1.29, 1.82) is 0 Å². The van der Waals surface area contributed by atoms with Gasteiger partial charge in [0.2, 0.25) is 0 Å². The van der Waals surface area contributed by atoms with Crippen molar-refractivity contribution in [1.82, 2.24) is 19.4 Å². The molecule has 2 aliphatic rings. The zero-order valence-electron chi connectivity index (χ0n) is 17.0. The molecule has 1 amide bonds. The number of ether oxygens (including phenoxy) is 1. The first-order valence-corrected chi connectivity index (χ1v) is 10.4. The smallest absolute Gasteiger partial charge is 0.312 e. The first-order valence-electron chi connectivity index (χ1n) is 10.4. The molecule has 1 atom stereocenters. The number of fused-ring (bicyclic) bond motifs is 1. The van der Waals surface area contributed by atoms with Crippen molar-refractivity contribution in [3.8, 4) is 0 Å². The summed E-state index contributed by atoms with van der Waals surface area (Å²) < 4.78 is 7.82. The number of hydrogen-bond donors (Lipinski definition) is 0. The topological polar surface area (TPSA) is 77.3 Å². The van der Waals surface area contributed by atoms with Gasteiger partial charge in [-0.25, -0.2) is 4.98 Å². The van der Waals surface area contributed by atoms with Gasteiger partial charge in [-0.3, -0.25) is 14.6 Å². The van der Waals surface area contributed by atoms with Crippen molar-refractivity contribution in [3.63, 3.8) is 0 Å². The standard InChI is InChI=1S/C23H24N4O3/c1-16-6-7-17(13-24-16)21(28)26-10-8-23(9-11-26)12-18(30-22(23)29)14-27-15-25-19-4-2-3-5-20(19)27/h2-7,13,15,18H,8-12,14H2,1H3. The number of cyclic esters (lactones) is 1. The van der Waals surface area contributed by atoms with E-state index in [4.69, 9.17) is 4.74 Å². The van der Waals surface area contributed by atoms with Gasteiger partial charge in [0.15, 0.2) is 0 Å². The van der Waals surface area contributed by atoms with Crippen LogP contribution in [-0.2, 0) is 16.1 Å². The molecule has 154 valence electrons. The van der Waals surface area contributed by atoms with Gasteiger partial charge in [-0.15, -0.1) is 0 Å². The second kappa shape index (κ2) is 7.23. The molecule has 7 nitrogen and oxygen atoms in total. The Labute approximate surface area is 174 Å². The zero-order valence-corrected chi connectivity index (χ0v) is 17.0. The number of carbonyl (C=O) groups excluding carboxylic acids is 2. The van der Waals surface area contributed by atoms with Gasteiger partial charge in [0.05, 0.1) is 34.9 Å². The van der Waals surface area contributed by atoms with Crippen LogP contribution < -0.4 is 0 Å². The highest BCUT2D eigenvalue weighted by atomic mass is 16.6. The number of imidazole rings is 1. The van der Waals surface area contributed by atoms with E-state index in [2.05, 4.69) is 14.5 Å². The number of aromatic nitrogens is 3. The van der Waals surface area contributed by atoms with Crippen molar-refractivity contribution in [2.45, 2.75) is 38.8 Å². The molecule has 1 spiro atoms. The number of hydrogen-bond acceptors (Lipinski definition) is 5. The minimum absolute atomic E-state index is 0.0230. The maximum absolute atomic E-state index is 12.8. The van der Waals surface area contributed by atoms with Gasteiger partial charge in [-0.05, 0) is 44.0 Å². The van der Waals surface area contributed by atoms with E-state index < -0.39 is 5.41 Å². The molecular formula is C23H24N4O3. The second-order valence-electron chi connectivity index (χ2n) is 8.38. The number of carbonyl (C=O) groups is 2. The van der Waals surface area contributed by atoms with E-state index in [1.807, 2.05) is 48.2 Å². The normalized spacial score (nSPS) is 20.6. The maximum Gasteiger partial charge on any atom is 0.312 e. The fourth-order valence-corrected chi connectivity index (χ4v) is 4.64. The lowest BCUT2D eigenvalue weighted by Gasteiger charge is -2.36. The minimum atomic E-state index is -0.483. The number of esters is 1. The molecule has 3 aromatic rings. The molecule has 0 bridgehead atoms.